The summed E-state index contributed by atoms with van der Waals surface area (Å²) in [5.74, 6) is 0.829. The van der Waals surface area contributed by atoms with Crippen LogP contribution < -0.4 is 10.5 Å². The summed E-state index contributed by atoms with van der Waals surface area (Å²) in [5.41, 5.74) is 7.55. The zero-order valence-electron chi connectivity index (χ0n) is 9.26. The van der Waals surface area contributed by atoms with Crippen LogP contribution in [0.5, 0.6) is 5.75 Å². The van der Waals surface area contributed by atoms with Gasteiger partial charge in [-0.3, -0.25) is 4.68 Å². The zero-order chi connectivity index (χ0) is 11.4. The number of ether oxygens (including phenoxy) is 1. The van der Waals surface area contributed by atoms with E-state index in [0.717, 1.165) is 17.0 Å². The highest BCUT2D eigenvalue weighted by Crippen LogP contribution is 2.18. The fourth-order valence-corrected chi connectivity index (χ4v) is 1.51. The SMILES string of the molecule is Cn1ccc(COc2ccccc2CN)n1. The van der Waals surface area contributed by atoms with Gasteiger partial charge in [-0.05, 0) is 12.1 Å². The highest BCUT2D eigenvalue weighted by Gasteiger charge is 2.02. The molecule has 0 amide bonds. The molecule has 2 N–H and O–H groups in total. The van der Waals surface area contributed by atoms with Crippen LogP contribution in [-0.2, 0) is 20.2 Å². The Kier molecular flexibility index (Phi) is 3.22. The molecule has 1 heterocycles. The molecule has 0 saturated carbocycles. The van der Waals surface area contributed by atoms with Gasteiger partial charge >= 0.3 is 0 Å². The molecule has 4 nitrogen and oxygen atoms in total. The quantitative estimate of drug-likeness (QED) is 0.843. The number of nitrogens with two attached hydrogens (primary N) is 1. The smallest absolute Gasteiger partial charge is 0.132 e. The van der Waals surface area contributed by atoms with Crippen molar-refractivity contribution in [2.45, 2.75) is 13.2 Å². The number of hydrogen-bond acceptors (Lipinski definition) is 3. The molecule has 2 aromatic rings. The van der Waals surface area contributed by atoms with Crippen LogP contribution >= 0.6 is 0 Å². The lowest BCUT2D eigenvalue weighted by Gasteiger charge is -2.08. The molecule has 0 aliphatic carbocycles. The van der Waals surface area contributed by atoms with E-state index < -0.39 is 0 Å². The van der Waals surface area contributed by atoms with Gasteiger partial charge in [0, 0.05) is 25.4 Å². The summed E-state index contributed by atoms with van der Waals surface area (Å²) in [7, 11) is 1.89. The Labute approximate surface area is 94.6 Å². The highest BCUT2D eigenvalue weighted by molar-refractivity contribution is 5.33. The maximum atomic E-state index is 5.67. The number of aromatic nitrogens is 2. The number of rotatable bonds is 4. The van der Waals surface area contributed by atoms with Gasteiger partial charge in [0.25, 0.3) is 0 Å². The van der Waals surface area contributed by atoms with Crippen molar-refractivity contribution in [2.75, 3.05) is 0 Å². The lowest BCUT2D eigenvalue weighted by atomic mass is 10.2. The largest absolute Gasteiger partial charge is 0.487 e. The number of para-hydroxylation sites is 1. The van der Waals surface area contributed by atoms with Crippen molar-refractivity contribution >= 4 is 0 Å². The van der Waals surface area contributed by atoms with Crippen LogP contribution in [0, 0.1) is 0 Å². The van der Waals surface area contributed by atoms with Crippen LogP contribution in [-0.4, -0.2) is 9.78 Å². The Bertz CT molecular complexity index is 465. The average Bonchev–Trinajstić information content (AvgIpc) is 2.73. The maximum absolute atomic E-state index is 5.67. The monoisotopic (exact) mass is 217 g/mol. The Morgan fingerprint density at radius 3 is 2.81 bits per heavy atom. The maximum Gasteiger partial charge on any atom is 0.132 e. The minimum Gasteiger partial charge on any atom is -0.487 e. The Morgan fingerprint density at radius 1 is 1.31 bits per heavy atom. The predicted molar refractivity (Wildman–Crippen MR) is 61.9 cm³/mol. The van der Waals surface area contributed by atoms with Gasteiger partial charge in [-0.15, -0.1) is 0 Å². The predicted octanol–water partition coefficient (Wildman–Crippen LogP) is 1.46. The fourth-order valence-electron chi connectivity index (χ4n) is 1.51. The molecule has 1 aromatic carbocycles. The number of hydrogen-bond donors (Lipinski definition) is 1. The summed E-state index contributed by atoms with van der Waals surface area (Å²) in [6.45, 7) is 0.955. The van der Waals surface area contributed by atoms with E-state index in [-0.39, 0.29) is 0 Å². The molecule has 1 aromatic heterocycles. The minimum absolute atomic E-state index is 0.470. The minimum atomic E-state index is 0.470. The molecule has 0 bridgehead atoms. The van der Waals surface area contributed by atoms with Crippen LogP contribution in [0.1, 0.15) is 11.3 Å². The first-order chi connectivity index (χ1) is 7.79. The summed E-state index contributed by atoms with van der Waals surface area (Å²) < 4.78 is 7.43. The number of aryl methyl sites for hydroxylation is 1. The number of benzene rings is 1. The van der Waals surface area contributed by atoms with Gasteiger partial charge in [-0.1, -0.05) is 18.2 Å². The van der Waals surface area contributed by atoms with E-state index in [0.29, 0.717) is 13.2 Å². The molecule has 0 saturated heterocycles. The van der Waals surface area contributed by atoms with E-state index >= 15 is 0 Å². The first-order valence-corrected chi connectivity index (χ1v) is 5.19. The lowest BCUT2D eigenvalue weighted by Crippen LogP contribution is -2.03. The van der Waals surface area contributed by atoms with Crippen molar-refractivity contribution < 1.29 is 4.74 Å². The van der Waals surface area contributed by atoms with Crippen LogP contribution in [0.2, 0.25) is 0 Å². The first kappa shape index (κ1) is 10.7. The second-order valence-corrected chi connectivity index (χ2v) is 3.58. The van der Waals surface area contributed by atoms with E-state index in [4.69, 9.17) is 10.5 Å². The van der Waals surface area contributed by atoms with Crippen molar-refractivity contribution in [1.29, 1.82) is 0 Å². The van der Waals surface area contributed by atoms with Crippen LogP contribution in [0.3, 0.4) is 0 Å². The van der Waals surface area contributed by atoms with E-state index in [1.54, 1.807) is 4.68 Å². The third-order valence-electron chi connectivity index (χ3n) is 2.34. The molecule has 16 heavy (non-hydrogen) atoms. The summed E-state index contributed by atoms with van der Waals surface area (Å²) in [6, 6.07) is 9.71. The first-order valence-electron chi connectivity index (χ1n) is 5.19. The van der Waals surface area contributed by atoms with Gasteiger partial charge in [0.2, 0.25) is 0 Å². The molecule has 0 aliphatic rings. The van der Waals surface area contributed by atoms with Crippen LogP contribution in [0.25, 0.3) is 0 Å². The van der Waals surface area contributed by atoms with Crippen molar-refractivity contribution in [3.63, 3.8) is 0 Å². The van der Waals surface area contributed by atoms with Crippen LogP contribution in [0.15, 0.2) is 36.5 Å². The van der Waals surface area contributed by atoms with Crippen LogP contribution in [0.4, 0.5) is 0 Å². The summed E-state index contributed by atoms with van der Waals surface area (Å²) >= 11 is 0. The Balaban J connectivity index is 2.04. The molecule has 0 spiro atoms. The molecule has 0 radical (unpaired) electrons. The summed E-state index contributed by atoms with van der Waals surface area (Å²) in [5, 5.41) is 4.24. The Hall–Kier alpha value is -1.81. The van der Waals surface area contributed by atoms with Gasteiger partial charge in [0.15, 0.2) is 0 Å². The van der Waals surface area contributed by atoms with Gasteiger partial charge in [0.05, 0.1) is 5.69 Å². The van der Waals surface area contributed by atoms with Gasteiger partial charge in [0.1, 0.15) is 12.4 Å². The van der Waals surface area contributed by atoms with Gasteiger partial charge in [-0.25, -0.2) is 0 Å². The van der Waals surface area contributed by atoms with E-state index in [1.165, 1.54) is 0 Å². The molecule has 84 valence electrons. The second-order valence-electron chi connectivity index (χ2n) is 3.58. The molecule has 4 heteroatoms. The van der Waals surface area contributed by atoms with Crippen molar-refractivity contribution in [3.8, 4) is 5.75 Å². The standard InChI is InChI=1S/C12H15N3O/c1-15-7-6-11(14-15)9-16-12-5-3-2-4-10(12)8-13/h2-7H,8-9,13H2,1H3. The molecule has 2 rings (SSSR count). The third-order valence-corrected chi connectivity index (χ3v) is 2.34. The average molecular weight is 217 g/mol. The Morgan fingerprint density at radius 2 is 2.12 bits per heavy atom. The summed E-state index contributed by atoms with van der Waals surface area (Å²) in [6.07, 6.45) is 1.90. The highest BCUT2D eigenvalue weighted by atomic mass is 16.5. The van der Waals surface area contributed by atoms with E-state index in [2.05, 4.69) is 5.10 Å². The van der Waals surface area contributed by atoms with Crippen molar-refractivity contribution in [3.05, 3.63) is 47.8 Å². The normalized spacial score (nSPS) is 10.4. The zero-order valence-corrected chi connectivity index (χ0v) is 9.26. The molecule has 0 fully saturated rings. The fraction of sp³-hybridized carbons (Fsp3) is 0.250. The number of nitrogens with zero attached hydrogens (tertiary/aromatic N) is 2. The summed E-state index contributed by atoms with van der Waals surface area (Å²) in [4.78, 5) is 0. The van der Waals surface area contributed by atoms with Crippen molar-refractivity contribution in [1.82, 2.24) is 9.78 Å². The lowest BCUT2D eigenvalue weighted by molar-refractivity contribution is 0.297. The van der Waals surface area contributed by atoms with Gasteiger partial charge in [-0.2, -0.15) is 5.10 Å². The third kappa shape index (κ3) is 2.41. The topological polar surface area (TPSA) is 53.1 Å². The van der Waals surface area contributed by atoms with Gasteiger partial charge < -0.3 is 10.5 Å². The van der Waals surface area contributed by atoms with E-state index in [9.17, 15) is 0 Å². The van der Waals surface area contributed by atoms with E-state index in [1.807, 2.05) is 43.6 Å². The van der Waals surface area contributed by atoms with Crippen molar-refractivity contribution in [2.24, 2.45) is 12.8 Å². The molecule has 0 unspecified atom stereocenters. The molecular formula is C12H15N3O. The molecule has 0 atom stereocenters. The molecule has 0 aliphatic heterocycles. The second kappa shape index (κ2) is 4.81. The molecular weight excluding hydrogens is 202 g/mol.